The van der Waals surface area contributed by atoms with Crippen molar-refractivity contribution in [1.82, 2.24) is 0 Å². The Morgan fingerprint density at radius 2 is 2.18 bits per heavy atom. The molecule has 0 aromatic rings. The van der Waals surface area contributed by atoms with Crippen molar-refractivity contribution in [3.8, 4) is 0 Å². The minimum atomic E-state index is 0. The Bertz CT molecular complexity index is 195. The second kappa shape index (κ2) is 5.03. The maximum atomic E-state index is 5.66. The second-order valence-corrected chi connectivity index (χ2v) is 3.67. The normalized spacial score (nSPS) is 16.9. The zero-order valence-electron chi connectivity index (χ0n) is 6.80. The molecule has 0 unspecified atom stereocenters. The van der Waals surface area contributed by atoms with Crippen molar-refractivity contribution in [2.75, 3.05) is 19.8 Å². The van der Waals surface area contributed by atoms with Crippen molar-refractivity contribution < 1.29 is 28.6 Å². The summed E-state index contributed by atoms with van der Waals surface area (Å²) in [7, 11) is 4.08. The third-order valence-electron chi connectivity index (χ3n) is 1.39. The van der Waals surface area contributed by atoms with Crippen LogP contribution >= 0.6 is 11.8 Å². The molecular formula is C7H13IN2S. The van der Waals surface area contributed by atoms with E-state index < -0.39 is 0 Å². The summed E-state index contributed by atoms with van der Waals surface area (Å²) in [6, 6.07) is 0. The number of nitrogens with zero attached hydrogens (tertiary/aromatic N) is 1. The highest BCUT2D eigenvalue weighted by Crippen LogP contribution is 2.15. The highest BCUT2D eigenvalue weighted by Gasteiger charge is 2.11. The van der Waals surface area contributed by atoms with E-state index in [2.05, 4.69) is 4.58 Å². The predicted molar refractivity (Wildman–Crippen MR) is 46.5 cm³/mol. The van der Waals surface area contributed by atoms with Gasteiger partial charge in [-0.1, -0.05) is 11.8 Å². The summed E-state index contributed by atoms with van der Waals surface area (Å²) in [6.45, 7) is 0. The number of hydrogen-bond acceptors (Lipinski definition) is 2. The Kier molecular flexibility index (Phi) is 5.16. The average Bonchev–Trinajstić information content (AvgIpc) is 1.88. The van der Waals surface area contributed by atoms with Gasteiger partial charge in [-0.15, -0.1) is 0 Å². The van der Waals surface area contributed by atoms with Gasteiger partial charge in [0.2, 0.25) is 5.04 Å². The molecule has 0 radical (unpaired) electrons. The molecule has 1 heterocycles. The van der Waals surface area contributed by atoms with Crippen LogP contribution in [-0.4, -0.2) is 29.5 Å². The third-order valence-corrected chi connectivity index (χ3v) is 2.58. The first-order valence-corrected chi connectivity index (χ1v) is 4.32. The molecule has 4 heteroatoms. The van der Waals surface area contributed by atoms with Crippen LogP contribution in [0.5, 0.6) is 0 Å². The molecule has 0 saturated heterocycles. The van der Waals surface area contributed by atoms with Gasteiger partial charge in [-0.25, -0.2) is 4.58 Å². The minimum absolute atomic E-state index is 0. The SMILES string of the molecule is C[N+](C)=C1C=C(N)CCS1.[I-]. The first-order valence-electron chi connectivity index (χ1n) is 3.33. The largest absolute Gasteiger partial charge is 1.00 e. The molecule has 0 aliphatic carbocycles. The standard InChI is InChI=1S/C7H12N2S.HI/c1-9(2)7-5-6(8)3-4-10-7;/h5,8H,3-4H2,1-2H3;1H. The average molecular weight is 284 g/mol. The van der Waals surface area contributed by atoms with Gasteiger partial charge in [0.15, 0.2) is 0 Å². The van der Waals surface area contributed by atoms with Gasteiger partial charge in [-0.05, 0) is 6.42 Å². The Morgan fingerprint density at radius 3 is 2.55 bits per heavy atom. The number of nitrogens with two attached hydrogens (primary N) is 1. The molecule has 0 amide bonds. The summed E-state index contributed by atoms with van der Waals surface area (Å²) in [5.41, 5.74) is 6.67. The first-order chi connectivity index (χ1) is 4.70. The molecular weight excluding hydrogens is 271 g/mol. The van der Waals surface area contributed by atoms with E-state index in [9.17, 15) is 0 Å². The van der Waals surface area contributed by atoms with E-state index in [-0.39, 0.29) is 24.0 Å². The molecule has 1 rings (SSSR count). The van der Waals surface area contributed by atoms with E-state index in [0.717, 1.165) is 17.9 Å². The lowest BCUT2D eigenvalue weighted by molar-refractivity contribution is -0.460. The van der Waals surface area contributed by atoms with Crippen molar-refractivity contribution in [2.45, 2.75) is 6.42 Å². The number of hydrogen-bond donors (Lipinski definition) is 1. The summed E-state index contributed by atoms with van der Waals surface area (Å²) in [6.07, 6.45) is 3.08. The maximum Gasteiger partial charge on any atom is 0.236 e. The van der Waals surface area contributed by atoms with Crippen molar-refractivity contribution in [2.24, 2.45) is 5.73 Å². The molecule has 64 valence electrons. The van der Waals surface area contributed by atoms with Crippen LogP contribution in [0.1, 0.15) is 6.42 Å². The first kappa shape index (κ1) is 11.3. The van der Waals surface area contributed by atoms with Crippen molar-refractivity contribution in [3.05, 3.63) is 11.8 Å². The minimum Gasteiger partial charge on any atom is -1.00 e. The van der Waals surface area contributed by atoms with Crippen LogP contribution in [0.2, 0.25) is 0 Å². The molecule has 0 aromatic heterocycles. The molecule has 1 aliphatic rings. The number of allylic oxidation sites excluding steroid dienone is 1. The fourth-order valence-electron chi connectivity index (χ4n) is 0.804. The summed E-state index contributed by atoms with van der Waals surface area (Å²) in [5, 5.41) is 1.27. The van der Waals surface area contributed by atoms with Gasteiger partial charge in [-0.2, -0.15) is 0 Å². The molecule has 2 N–H and O–H groups in total. The van der Waals surface area contributed by atoms with E-state index in [0.29, 0.717) is 0 Å². The Morgan fingerprint density at radius 1 is 1.55 bits per heavy atom. The summed E-state index contributed by atoms with van der Waals surface area (Å²) in [5.74, 6) is 1.12. The van der Waals surface area contributed by atoms with Crippen LogP contribution in [0.3, 0.4) is 0 Å². The van der Waals surface area contributed by atoms with Crippen LogP contribution in [0.15, 0.2) is 11.8 Å². The smallest absolute Gasteiger partial charge is 0.236 e. The molecule has 1 aliphatic heterocycles. The van der Waals surface area contributed by atoms with Crippen LogP contribution in [0, 0.1) is 0 Å². The van der Waals surface area contributed by atoms with Gasteiger partial charge in [0.1, 0.15) is 14.1 Å². The van der Waals surface area contributed by atoms with Crippen LogP contribution in [0.4, 0.5) is 0 Å². The summed E-state index contributed by atoms with van der Waals surface area (Å²) < 4.78 is 2.09. The van der Waals surface area contributed by atoms with Crippen molar-refractivity contribution >= 4 is 16.8 Å². The second-order valence-electron chi connectivity index (χ2n) is 2.55. The lowest BCUT2D eigenvalue weighted by Gasteiger charge is -2.07. The molecule has 0 saturated carbocycles. The fourth-order valence-corrected chi connectivity index (χ4v) is 1.84. The van der Waals surface area contributed by atoms with E-state index >= 15 is 0 Å². The van der Waals surface area contributed by atoms with E-state index in [1.54, 1.807) is 0 Å². The lowest BCUT2D eigenvalue weighted by Crippen LogP contribution is -3.00. The van der Waals surface area contributed by atoms with E-state index in [1.807, 2.05) is 31.9 Å². The van der Waals surface area contributed by atoms with Gasteiger partial charge >= 0.3 is 0 Å². The molecule has 0 atom stereocenters. The Hall–Kier alpha value is 0.290. The number of rotatable bonds is 0. The monoisotopic (exact) mass is 284 g/mol. The topological polar surface area (TPSA) is 29.0 Å². The van der Waals surface area contributed by atoms with E-state index in [4.69, 9.17) is 5.73 Å². The Balaban J connectivity index is 0.000001000. The predicted octanol–water partition coefficient (Wildman–Crippen LogP) is -2.36. The van der Waals surface area contributed by atoms with Crippen LogP contribution in [0.25, 0.3) is 0 Å². The molecule has 0 fully saturated rings. The quantitative estimate of drug-likeness (QED) is 0.398. The number of halogens is 1. The van der Waals surface area contributed by atoms with Crippen LogP contribution in [-0.2, 0) is 0 Å². The van der Waals surface area contributed by atoms with Crippen molar-refractivity contribution in [3.63, 3.8) is 0 Å². The summed E-state index contributed by atoms with van der Waals surface area (Å²) >= 11 is 1.86. The van der Waals surface area contributed by atoms with Gasteiger partial charge in [0.05, 0.1) is 0 Å². The zero-order valence-corrected chi connectivity index (χ0v) is 9.78. The van der Waals surface area contributed by atoms with Crippen molar-refractivity contribution in [1.29, 1.82) is 0 Å². The molecule has 0 bridgehead atoms. The Labute approximate surface area is 88.9 Å². The third kappa shape index (κ3) is 3.46. The highest BCUT2D eigenvalue weighted by atomic mass is 127. The lowest BCUT2D eigenvalue weighted by atomic mass is 10.3. The van der Waals surface area contributed by atoms with E-state index in [1.165, 1.54) is 5.04 Å². The molecule has 0 aromatic carbocycles. The van der Waals surface area contributed by atoms with Gasteiger partial charge in [0.25, 0.3) is 0 Å². The van der Waals surface area contributed by atoms with Gasteiger partial charge in [-0.3, -0.25) is 0 Å². The van der Waals surface area contributed by atoms with Crippen LogP contribution < -0.4 is 29.7 Å². The summed E-state index contributed by atoms with van der Waals surface area (Å²) in [4.78, 5) is 0. The molecule has 2 nitrogen and oxygen atoms in total. The number of thioether (sulfide) groups is 1. The van der Waals surface area contributed by atoms with Gasteiger partial charge in [0, 0.05) is 17.5 Å². The fraction of sp³-hybridized carbons (Fsp3) is 0.571. The zero-order chi connectivity index (χ0) is 7.56. The van der Waals surface area contributed by atoms with Gasteiger partial charge < -0.3 is 29.7 Å². The molecule has 11 heavy (non-hydrogen) atoms. The maximum absolute atomic E-state index is 5.66. The highest BCUT2D eigenvalue weighted by molar-refractivity contribution is 8.14. The molecule has 0 spiro atoms.